The SMILES string of the molecule is CC(=O)c1ccc(C(O)CN)cc1.O=C(O)C(=O)O. The predicted molar refractivity (Wildman–Crippen MR) is 65.7 cm³/mol. The molecule has 1 unspecified atom stereocenters. The molecule has 0 aliphatic heterocycles. The summed E-state index contributed by atoms with van der Waals surface area (Å²) in [5.41, 5.74) is 6.67. The zero-order valence-electron chi connectivity index (χ0n) is 10.2. The standard InChI is InChI=1S/C10H13NO2.C2H2O4/c1-7(12)8-2-4-9(5-3-8)10(13)6-11;3-1(4)2(5)6/h2-5,10,13H,6,11H2,1H3;(H,3,4)(H,5,6). The molecule has 0 heterocycles. The van der Waals surface area contributed by atoms with Crippen molar-refractivity contribution in [1.29, 1.82) is 0 Å². The number of carbonyl (C=O) groups excluding carboxylic acids is 1. The van der Waals surface area contributed by atoms with Gasteiger partial charge in [-0.1, -0.05) is 24.3 Å². The van der Waals surface area contributed by atoms with Gasteiger partial charge in [0.15, 0.2) is 5.78 Å². The molecular weight excluding hydrogens is 254 g/mol. The van der Waals surface area contributed by atoms with Gasteiger partial charge >= 0.3 is 11.9 Å². The quantitative estimate of drug-likeness (QED) is 0.448. The van der Waals surface area contributed by atoms with E-state index in [1.54, 1.807) is 24.3 Å². The van der Waals surface area contributed by atoms with Gasteiger partial charge in [-0.2, -0.15) is 0 Å². The van der Waals surface area contributed by atoms with E-state index in [2.05, 4.69) is 0 Å². The number of aliphatic hydroxyl groups excluding tert-OH is 1. The van der Waals surface area contributed by atoms with Crippen LogP contribution in [0, 0.1) is 0 Å². The van der Waals surface area contributed by atoms with E-state index in [-0.39, 0.29) is 12.3 Å². The molecule has 5 N–H and O–H groups in total. The summed E-state index contributed by atoms with van der Waals surface area (Å²) in [5.74, 6) is -3.63. The Kier molecular flexibility index (Phi) is 7.02. The van der Waals surface area contributed by atoms with E-state index >= 15 is 0 Å². The van der Waals surface area contributed by atoms with E-state index in [1.165, 1.54) is 6.92 Å². The number of carbonyl (C=O) groups is 3. The first-order chi connectivity index (χ1) is 8.79. The molecule has 1 rings (SSSR count). The third kappa shape index (κ3) is 6.29. The lowest BCUT2D eigenvalue weighted by Crippen LogP contribution is -2.11. The summed E-state index contributed by atoms with van der Waals surface area (Å²) in [6.45, 7) is 1.70. The average molecular weight is 269 g/mol. The highest BCUT2D eigenvalue weighted by atomic mass is 16.4. The van der Waals surface area contributed by atoms with E-state index in [1.807, 2.05) is 0 Å². The van der Waals surface area contributed by atoms with Crippen LogP contribution in [0.25, 0.3) is 0 Å². The van der Waals surface area contributed by atoms with Gasteiger partial charge in [0.25, 0.3) is 0 Å². The second-order valence-corrected chi connectivity index (χ2v) is 3.54. The highest BCUT2D eigenvalue weighted by molar-refractivity contribution is 6.27. The second kappa shape index (κ2) is 7.96. The molecule has 1 aromatic rings. The highest BCUT2D eigenvalue weighted by Crippen LogP contribution is 2.12. The maximum atomic E-state index is 10.9. The first-order valence-electron chi connectivity index (χ1n) is 5.24. The van der Waals surface area contributed by atoms with Gasteiger partial charge in [-0.25, -0.2) is 9.59 Å². The van der Waals surface area contributed by atoms with E-state index in [0.717, 1.165) is 5.56 Å². The lowest BCUT2D eigenvalue weighted by atomic mass is 10.1. The molecule has 0 amide bonds. The Hall–Kier alpha value is -2.25. The van der Waals surface area contributed by atoms with E-state index < -0.39 is 18.0 Å². The lowest BCUT2D eigenvalue weighted by Gasteiger charge is -2.07. The summed E-state index contributed by atoms with van der Waals surface area (Å²) < 4.78 is 0. The van der Waals surface area contributed by atoms with Gasteiger partial charge in [-0.15, -0.1) is 0 Å². The Bertz CT molecular complexity index is 442. The Morgan fingerprint density at radius 2 is 1.53 bits per heavy atom. The van der Waals surface area contributed by atoms with Crippen LogP contribution in [0.5, 0.6) is 0 Å². The number of carboxylic acids is 2. The number of Topliss-reactive ketones (excluding diaryl/α,β-unsaturated/α-hetero) is 1. The number of ketones is 1. The van der Waals surface area contributed by atoms with Gasteiger partial charge in [0.1, 0.15) is 0 Å². The highest BCUT2D eigenvalue weighted by Gasteiger charge is 2.05. The number of nitrogens with two attached hydrogens (primary N) is 1. The minimum Gasteiger partial charge on any atom is -0.473 e. The largest absolute Gasteiger partial charge is 0.473 e. The number of aliphatic hydroxyl groups is 1. The van der Waals surface area contributed by atoms with Crippen LogP contribution < -0.4 is 5.73 Å². The fourth-order valence-electron chi connectivity index (χ4n) is 1.08. The van der Waals surface area contributed by atoms with Crippen LogP contribution in [0.2, 0.25) is 0 Å². The third-order valence-electron chi connectivity index (χ3n) is 2.11. The average Bonchev–Trinajstić information content (AvgIpc) is 2.38. The number of hydrogen-bond acceptors (Lipinski definition) is 5. The summed E-state index contributed by atoms with van der Waals surface area (Å²) in [6.07, 6.45) is -0.638. The number of hydrogen-bond donors (Lipinski definition) is 4. The number of benzene rings is 1. The third-order valence-corrected chi connectivity index (χ3v) is 2.11. The van der Waals surface area contributed by atoms with Crippen LogP contribution in [0.1, 0.15) is 28.9 Å². The topological polar surface area (TPSA) is 138 Å². The Morgan fingerprint density at radius 3 is 1.79 bits per heavy atom. The predicted octanol–water partition coefficient (Wildman–Crippen LogP) is 0.0369. The van der Waals surface area contributed by atoms with Gasteiger partial charge in [-0.3, -0.25) is 4.79 Å². The van der Waals surface area contributed by atoms with Crippen molar-refractivity contribution in [3.05, 3.63) is 35.4 Å². The number of aliphatic carboxylic acids is 2. The maximum absolute atomic E-state index is 10.9. The van der Waals surface area contributed by atoms with Crippen molar-refractivity contribution in [3.8, 4) is 0 Å². The minimum atomic E-state index is -1.82. The molecule has 0 aromatic heterocycles. The molecular formula is C12H15NO6. The molecule has 0 bridgehead atoms. The molecule has 0 spiro atoms. The molecule has 0 fully saturated rings. The minimum absolute atomic E-state index is 0.0220. The fraction of sp³-hybridized carbons (Fsp3) is 0.250. The number of rotatable bonds is 3. The molecule has 1 atom stereocenters. The Labute approximate surface area is 109 Å². The van der Waals surface area contributed by atoms with Crippen molar-refractivity contribution in [2.24, 2.45) is 5.73 Å². The fourth-order valence-corrected chi connectivity index (χ4v) is 1.08. The van der Waals surface area contributed by atoms with Gasteiger partial charge in [-0.05, 0) is 12.5 Å². The summed E-state index contributed by atoms with van der Waals surface area (Å²) in [6, 6.07) is 6.82. The zero-order valence-corrected chi connectivity index (χ0v) is 10.2. The summed E-state index contributed by atoms with van der Waals surface area (Å²) in [4.78, 5) is 29.1. The van der Waals surface area contributed by atoms with Crippen LogP contribution in [-0.2, 0) is 9.59 Å². The molecule has 19 heavy (non-hydrogen) atoms. The lowest BCUT2D eigenvalue weighted by molar-refractivity contribution is -0.159. The first kappa shape index (κ1) is 16.8. The maximum Gasteiger partial charge on any atom is 0.414 e. The zero-order chi connectivity index (χ0) is 15.0. The molecule has 7 nitrogen and oxygen atoms in total. The van der Waals surface area contributed by atoms with Crippen molar-refractivity contribution in [2.45, 2.75) is 13.0 Å². The van der Waals surface area contributed by atoms with E-state index in [0.29, 0.717) is 5.56 Å². The van der Waals surface area contributed by atoms with Gasteiger partial charge < -0.3 is 21.1 Å². The Morgan fingerprint density at radius 1 is 1.11 bits per heavy atom. The summed E-state index contributed by atoms with van der Waals surface area (Å²) in [5, 5.41) is 24.1. The van der Waals surface area contributed by atoms with Crippen molar-refractivity contribution in [2.75, 3.05) is 6.54 Å². The van der Waals surface area contributed by atoms with Crippen LogP contribution >= 0.6 is 0 Å². The van der Waals surface area contributed by atoms with E-state index in [4.69, 9.17) is 25.5 Å². The summed E-state index contributed by atoms with van der Waals surface area (Å²) in [7, 11) is 0. The van der Waals surface area contributed by atoms with Gasteiger partial charge in [0.2, 0.25) is 0 Å². The number of carboxylic acid groups (broad SMARTS) is 2. The van der Waals surface area contributed by atoms with Crippen molar-refractivity contribution in [1.82, 2.24) is 0 Å². The molecule has 1 aromatic carbocycles. The van der Waals surface area contributed by atoms with Crippen molar-refractivity contribution >= 4 is 17.7 Å². The molecule has 0 radical (unpaired) electrons. The molecule has 104 valence electrons. The van der Waals surface area contributed by atoms with Crippen molar-refractivity contribution in [3.63, 3.8) is 0 Å². The van der Waals surface area contributed by atoms with Crippen LogP contribution in [0.3, 0.4) is 0 Å². The van der Waals surface area contributed by atoms with E-state index in [9.17, 15) is 9.90 Å². The monoisotopic (exact) mass is 269 g/mol. The Balaban J connectivity index is 0.000000459. The van der Waals surface area contributed by atoms with Crippen LogP contribution in [0.4, 0.5) is 0 Å². The van der Waals surface area contributed by atoms with Crippen molar-refractivity contribution < 1.29 is 29.7 Å². The smallest absolute Gasteiger partial charge is 0.414 e. The summed E-state index contributed by atoms with van der Waals surface area (Å²) >= 11 is 0. The molecule has 0 saturated heterocycles. The first-order valence-corrected chi connectivity index (χ1v) is 5.24. The molecule has 0 aliphatic carbocycles. The van der Waals surface area contributed by atoms with Crippen LogP contribution in [0.15, 0.2) is 24.3 Å². The van der Waals surface area contributed by atoms with Crippen LogP contribution in [-0.4, -0.2) is 39.6 Å². The molecule has 0 saturated carbocycles. The molecule has 7 heteroatoms. The normalized spacial score (nSPS) is 10.9. The molecule has 0 aliphatic rings. The van der Waals surface area contributed by atoms with Gasteiger partial charge in [0.05, 0.1) is 6.10 Å². The van der Waals surface area contributed by atoms with Gasteiger partial charge in [0, 0.05) is 12.1 Å². The second-order valence-electron chi connectivity index (χ2n) is 3.54.